The Kier molecular flexibility index (Phi) is 5.74. The predicted molar refractivity (Wildman–Crippen MR) is 128 cm³/mol. The second-order valence-corrected chi connectivity index (χ2v) is 7.63. The Hall–Kier alpha value is -4.36. The van der Waals surface area contributed by atoms with Crippen LogP contribution in [0.3, 0.4) is 0 Å². The van der Waals surface area contributed by atoms with Gasteiger partial charge in [-0.05, 0) is 72.5 Å². The van der Waals surface area contributed by atoms with Gasteiger partial charge in [-0.2, -0.15) is 5.26 Å². The van der Waals surface area contributed by atoms with Crippen molar-refractivity contribution in [1.29, 1.82) is 5.26 Å². The summed E-state index contributed by atoms with van der Waals surface area (Å²) in [7, 11) is 0. The maximum atomic E-state index is 11.1. The molecule has 0 bridgehead atoms. The van der Waals surface area contributed by atoms with E-state index in [1.165, 1.54) is 17.7 Å². The molecular formula is C28H22N2O2. The first kappa shape index (κ1) is 20.9. The number of benzene rings is 3. The van der Waals surface area contributed by atoms with Crippen LogP contribution in [0.15, 0.2) is 84.9 Å². The van der Waals surface area contributed by atoms with E-state index in [0.29, 0.717) is 11.1 Å². The van der Waals surface area contributed by atoms with Crippen LogP contribution in [0.2, 0.25) is 0 Å². The molecule has 0 atom stereocenters. The zero-order chi connectivity index (χ0) is 22.7. The van der Waals surface area contributed by atoms with Gasteiger partial charge in [0.2, 0.25) is 0 Å². The highest BCUT2D eigenvalue weighted by Crippen LogP contribution is 2.27. The van der Waals surface area contributed by atoms with Crippen LogP contribution in [-0.2, 0) is 0 Å². The van der Waals surface area contributed by atoms with Crippen molar-refractivity contribution in [3.63, 3.8) is 0 Å². The van der Waals surface area contributed by atoms with Crippen LogP contribution in [0.25, 0.3) is 28.5 Å². The second kappa shape index (κ2) is 8.79. The van der Waals surface area contributed by atoms with Crippen LogP contribution in [-0.4, -0.2) is 15.6 Å². The number of allylic oxidation sites excluding steroid dienone is 1. The summed E-state index contributed by atoms with van der Waals surface area (Å²) in [6, 6.07) is 29.4. The summed E-state index contributed by atoms with van der Waals surface area (Å²) in [5.41, 5.74) is 7.82. The molecule has 4 nitrogen and oxygen atoms in total. The standard InChI is InChI=1S/C28H22N2O2/c1-19-16-25(17-26(18-29)23-8-10-24(11-9-23)28(31)32)20(2)30(19)27-14-12-22(13-15-27)21-6-4-3-5-7-21/h3-17H,1-2H3,(H,31,32)/b26-17+. The van der Waals surface area contributed by atoms with E-state index >= 15 is 0 Å². The molecule has 32 heavy (non-hydrogen) atoms. The molecule has 0 amide bonds. The van der Waals surface area contributed by atoms with Gasteiger partial charge >= 0.3 is 5.97 Å². The number of rotatable bonds is 5. The predicted octanol–water partition coefficient (Wildman–Crippen LogP) is 6.52. The van der Waals surface area contributed by atoms with Crippen molar-refractivity contribution in [2.24, 2.45) is 0 Å². The van der Waals surface area contributed by atoms with Crippen LogP contribution in [0.5, 0.6) is 0 Å². The van der Waals surface area contributed by atoms with Gasteiger partial charge in [-0.3, -0.25) is 0 Å². The van der Waals surface area contributed by atoms with Crippen LogP contribution < -0.4 is 0 Å². The molecule has 0 aliphatic rings. The number of hydrogen-bond acceptors (Lipinski definition) is 2. The quantitative estimate of drug-likeness (QED) is 0.375. The van der Waals surface area contributed by atoms with Gasteiger partial charge in [0.05, 0.1) is 17.2 Å². The smallest absolute Gasteiger partial charge is 0.335 e. The van der Waals surface area contributed by atoms with Crippen molar-refractivity contribution in [1.82, 2.24) is 4.57 Å². The van der Waals surface area contributed by atoms with Crippen molar-refractivity contribution < 1.29 is 9.90 Å². The van der Waals surface area contributed by atoms with Crippen LogP contribution in [0, 0.1) is 25.2 Å². The molecular weight excluding hydrogens is 396 g/mol. The van der Waals surface area contributed by atoms with E-state index in [0.717, 1.165) is 28.2 Å². The summed E-state index contributed by atoms with van der Waals surface area (Å²) in [5, 5.41) is 18.8. The summed E-state index contributed by atoms with van der Waals surface area (Å²) >= 11 is 0. The van der Waals surface area contributed by atoms with E-state index in [2.05, 4.69) is 53.1 Å². The second-order valence-electron chi connectivity index (χ2n) is 7.63. The van der Waals surface area contributed by atoms with E-state index < -0.39 is 5.97 Å². The molecule has 0 radical (unpaired) electrons. The number of nitriles is 1. The van der Waals surface area contributed by atoms with Gasteiger partial charge in [0, 0.05) is 17.1 Å². The molecule has 0 spiro atoms. The fourth-order valence-corrected chi connectivity index (χ4v) is 3.89. The Morgan fingerprint density at radius 1 is 0.875 bits per heavy atom. The molecule has 0 fully saturated rings. The Balaban J connectivity index is 1.68. The number of aromatic carboxylic acids is 1. The molecule has 0 aliphatic heterocycles. The molecule has 1 heterocycles. The fourth-order valence-electron chi connectivity index (χ4n) is 3.89. The van der Waals surface area contributed by atoms with Crippen LogP contribution >= 0.6 is 0 Å². The number of carbonyl (C=O) groups is 1. The van der Waals surface area contributed by atoms with E-state index in [1.54, 1.807) is 12.1 Å². The lowest BCUT2D eigenvalue weighted by Gasteiger charge is -2.11. The number of aromatic nitrogens is 1. The minimum absolute atomic E-state index is 0.197. The normalized spacial score (nSPS) is 11.2. The SMILES string of the molecule is Cc1cc(/C=C(\C#N)c2ccc(C(=O)O)cc2)c(C)n1-c1ccc(-c2ccccc2)cc1. The Morgan fingerprint density at radius 2 is 1.47 bits per heavy atom. The van der Waals surface area contributed by atoms with Crippen LogP contribution in [0.4, 0.5) is 0 Å². The fraction of sp³-hybridized carbons (Fsp3) is 0.0714. The molecule has 3 aromatic carbocycles. The van der Waals surface area contributed by atoms with Crippen molar-refractivity contribution in [3.05, 3.63) is 113 Å². The molecule has 156 valence electrons. The number of aryl methyl sites for hydroxylation is 1. The maximum Gasteiger partial charge on any atom is 0.335 e. The Morgan fingerprint density at radius 3 is 2.06 bits per heavy atom. The lowest BCUT2D eigenvalue weighted by atomic mass is 10.0. The van der Waals surface area contributed by atoms with Gasteiger partial charge in [0.15, 0.2) is 0 Å². The average Bonchev–Trinajstić information content (AvgIpc) is 3.10. The number of carboxylic acids is 1. The first-order valence-corrected chi connectivity index (χ1v) is 10.3. The third-order valence-electron chi connectivity index (χ3n) is 5.57. The number of carboxylic acid groups (broad SMARTS) is 1. The van der Waals surface area contributed by atoms with Gasteiger partial charge in [-0.1, -0.05) is 54.6 Å². The molecule has 4 aromatic rings. The summed E-state index contributed by atoms with van der Waals surface area (Å²) in [5.74, 6) is -0.985. The number of hydrogen-bond donors (Lipinski definition) is 1. The Labute approximate surface area is 187 Å². The van der Waals surface area contributed by atoms with E-state index in [9.17, 15) is 10.1 Å². The lowest BCUT2D eigenvalue weighted by Crippen LogP contribution is -1.99. The monoisotopic (exact) mass is 418 g/mol. The third-order valence-corrected chi connectivity index (χ3v) is 5.57. The first-order valence-electron chi connectivity index (χ1n) is 10.3. The summed E-state index contributed by atoms with van der Waals surface area (Å²) in [6.07, 6.45) is 1.85. The maximum absolute atomic E-state index is 11.1. The largest absolute Gasteiger partial charge is 0.478 e. The third kappa shape index (κ3) is 4.10. The molecule has 0 aliphatic carbocycles. The first-order chi connectivity index (χ1) is 15.5. The molecule has 0 unspecified atom stereocenters. The van der Waals surface area contributed by atoms with E-state index in [-0.39, 0.29) is 5.56 Å². The minimum Gasteiger partial charge on any atom is -0.478 e. The molecule has 4 heteroatoms. The molecule has 1 aromatic heterocycles. The topological polar surface area (TPSA) is 66.0 Å². The van der Waals surface area contributed by atoms with Gasteiger partial charge in [0.25, 0.3) is 0 Å². The highest BCUT2D eigenvalue weighted by molar-refractivity contribution is 5.92. The zero-order valence-corrected chi connectivity index (χ0v) is 17.9. The average molecular weight is 418 g/mol. The van der Waals surface area contributed by atoms with Gasteiger partial charge in [-0.25, -0.2) is 4.79 Å². The van der Waals surface area contributed by atoms with Crippen molar-refractivity contribution in [2.75, 3.05) is 0 Å². The molecule has 0 saturated heterocycles. The van der Waals surface area contributed by atoms with Crippen LogP contribution in [0.1, 0.15) is 32.9 Å². The van der Waals surface area contributed by atoms with Crippen molar-refractivity contribution in [3.8, 4) is 22.9 Å². The lowest BCUT2D eigenvalue weighted by molar-refractivity contribution is 0.0697. The Bertz CT molecular complexity index is 1340. The highest BCUT2D eigenvalue weighted by Gasteiger charge is 2.12. The van der Waals surface area contributed by atoms with Gasteiger partial charge in [0.1, 0.15) is 0 Å². The molecule has 4 rings (SSSR count). The number of nitrogens with zero attached hydrogens (tertiary/aromatic N) is 2. The van der Waals surface area contributed by atoms with Gasteiger partial charge < -0.3 is 9.67 Å². The zero-order valence-electron chi connectivity index (χ0n) is 17.9. The van der Waals surface area contributed by atoms with Gasteiger partial charge in [-0.15, -0.1) is 0 Å². The van der Waals surface area contributed by atoms with E-state index in [1.807, 2.05) is 38.1 Å². The highest BCUT2D eigenvalue weighted by atomic mass is 16.4. The summed E-state index contributed by atoms with van der Waals surface area (Å²) < 4.78 is 2.17. The summed E-state index contributed by atoms with van der Waals surface area (Å²) in [4.78, 5) is 11.1. The van der Waals surface area contributed by atoms with Crippen molar-refractivity contribution >= 4 is 17.6 Å². The molecule has 0 saturated carbocycles. The summed E-state index contributed by atoms with van der Waals surface area (Å²) in [6.45, 7) is 4.08. The molecule has 1 N–H and O–H groups in total. The minimum atomic E-state index is -0.985. The van der Waals surface area contributed by atoms with E-state index in [4.69, 9.17) is 5.11 Å². The van der Waals surface area contributed by atoms with Crippen molar-refractivity contribution in [2.45, 2.75) is 13.8 Å².